The lowest BCUT2D eigenvalue weighted by molar-refractivity contribution is 0.763. The van der Waals surface area contributed by atoms with Crippen LogP contribution in [0, 0.1) is 11.3 Å². The summed E-state index contributed by atoms with van der Waals surface area (Å²) < 4.78 is 1.60. The van der Waals surface area contributed by atoms with Gasteiger partial charge in [0, 0.05) is 32.4 Å². The van der Waals surface area contributed by atoms with Crippen LogP contribution in [0.3, 0.4) is 0 Å². The molecule has 22 heavy (non-hydrogen) atoms. The zero-order chi connectivity index (χ0) is 16.1. The van der Waals surface area contributed by atoms with Gasteiger partial charge in [0.1, 0.15) is 11.9 Å². The van der Waals surface area contributed by atoms with E-state index in [2.05, 4.69) is 31.8 Å². The van der Waals surface area contributed by atoms with E-state index in [0.29, 0.717) is 17.0 Å². The Labute approximate surface area is 129 Å². The van der Waals surface area contributed by atoms with Gasteiger partial charge < -0.3 is 16.4 Å². The SMILES string of the molecule is CN.Cn1cc(-c2cc(N3CCCC3)nc(N)n2)c(C#N)n1. The monoisotopic (exact) mass is 300 g/mol. The Morgan fingerprint density at radius 3 is 2.55 bits per heavy atom. The molecule has 1 fully saturated rings. The van der Waals surface area contributed by atoms with Gasteiger partial charge in [-0.3, -0.25) is 4.68 Å². The van der Waals surface area contributed by atoms with Crippen molar-refractivity contribution in [2.75, 3.05) is 30.8 Å². The van der Waals surface area contributed by atoms with Crippen molar-refractivity contribution < 1.29 is 0 Å². The van der Waals surface area contributed by atoms with Gasteiger partial charge >= 0.3 is 0 Å². The molecule has 0 bridgehead atoms. The second-order valence-corrected chi connectivity index (χ2v) is 4.84. The van der Waals surface area contributed by atoms with E-state index >= 15 is 0 Å². The van der Waals surface area contributed by atoms with Gasteiger partial charge in [-0.1, -0.05) is 0 Å². The van der Waals surface area contributed by atoms with Crippen LogP contribution < -0.4 is 16.4 Å². The largest absolute Gasteiger partial charge is 0.368 e. The highest BCUT2D eigenvalue weighted by Gasteiger charge is 2.18. The molecule has 1 aliphatic rings. The summed E-state index contributed by atoms with van der Waals surface area (Å²) in [4.78, 5) is 10.7. The van der Waals surface area contributed by atoms with Crippen LogP contribution in [0.4, 0.5) is 11.8 Å². The Morgan fingerprint density at radius 1 is 1.23 bits per heavy atom. The van der Waals surface area contributed by atoms with E-state index in [1.54, 1.807) is 17.9 Å². The highest BCUT2D eigenvalue weighted by atomic mass is 15.3. The molecule has 0 radical (unpaired) electrons. The molecule has 116 valence electrons. The number of aromatic nitrogens is 4. The molecular weight excluding hydrogens is 280 g/mol. The van der Waals surface area contributed by atoms with Crippen molar-refractivity contribution in [2.24, 2.45) is 12.8 Å². The fourth-order valence-corrected chi connectivity index (χ4v) is 2.46. The van der Waals surface area contributed by atoms with E-state index in [1.165, 1.54) is 7.05 Å². The molecule has 3 rings (SSSR count). The average Bonchev–Trinajstić information content (AvgIpc) is 3.17. The molecular formula is C14H20N8. The highest BCUT2D eigenvalue weighted by Crippen LogP contribution is 2.26. The summed E-state index contributed by atoms with van der Waals surface area (Å²) in [5.74, 6) is 1.04. The topological polar surface area (TPSA) is 123 Å². The molecule has 2 aromatic rings. The first-order valence-electron chi connectivity index (χ1n) is 7.09. The number of nitrogen functional groups attached to an aromatic ring is 1. The zero-order valence-corrected chi connectivity index (χ0v) is 12.8. The minimum absolute atomic E-state index is 0.220. The van der Waals surface area contributed by atoms with Crippen LogP contribution in [0.5, 0.6) is 0 Å². The summed E-state index contributed by atoms with van der Waals surface area (Å²) in [6.45, 7) is 1.96. The molecule has 1 saturated heterocycles. The van der Waals surface area contributed by atoms with Crippen LogP contribution in [0.2, 0.25) is 0 Å². The van der Waals surface area contributed by atoms with Crippen LogP contribution in [0.15, 0.2) is 12.3 Å². The number of aryl methyl sites for hydroxylation is 1. The number of rotatable bonds is 2. The molecule has 4 N–H and O–H groups in total. The Kier molecular flexibility index (Phi) is 4.91. The lowest BCUT2D eigenvalue weighted by Crippen LogP contribution is -2.19. The molecule has 8 nitrogen and oxygen atoms in total. The molecule has 0 atom stereocenters. The number of nitriles is 1. The predicted octanol–water partition coefficient (Wildman–Crippen LogP) is 0.506. The first-order valence-corrected chi connectivity index (χ1v) is 7.09. The predicted molar refractivity (Wildman–Crippen MR) is 84.9 cm³/mol. The Bertz CT molecular complexity index is 679. The van der Waals surface area contributed by atoms with Crippen molar-refractivity contribution in [1.82, 2.24) is 19.7 Å². The maximum absolute atomic E-state index is 9.13. The van der Waals surface area contributed by atoms with Gasteiger partial charge in [-0.05, 0) is 19.9 Å². The van der Waals surface area contributed by atoms with Gasteiger partial charge in [0.25, 0.3) is 0 Å². The van der Waals surface area contributed by atoms with E-state index in [4.69, 9.17) is 11.0 Å². The van der Waals surface area contributed by atoms with E-state index in [9.17, 15) is 0 Å². The van der Waals surface area contributed by atoms with Gasteiger partial charge in [-0.15, -0.1) is 0 Å². The molecule has 0 aliphatic carbocycles. The fourth-order valence-electron chi connectivity index (χ4n) is 2.46. The van der Waals surface area contributed by atoms with Crippen molar-refractivity contribution in [1.29, 1.82) is 5.26 Å². The Hall–Kier alpha value is -2.66. The van der Waals surface area contributed by atoms with Gasteiger partial charge in [0.2, 0.25) is 5.95 Å². The van der Waals surface area contributed by atoms with Crippen LogP contribution in [0.1, 0.15) is 18.5 Å². The van der Waals surface area contributed by atoms with Crippen molar-refractivity contribution >= 4 is 11.8 Å². The molecule has 3 heterocycles. The third kappa shape index (κ3) is 3.15. The summed E-state index contributed by atoms with van der Waals surface area (Å²) >= 11 is 0. The summed E-state index contributed by atoms with van der Waals surface area (Å²) in [7, 11) is 3.27. The van der Waals surface area contributed by atoms with Crippen molar-refractivity contribution in [3.8, 4) is 17.3 Å². The third-order valence-electron chi connectivity index (χ3n) is 3.37. The molecule has 2 aromatic heterocycles. The second kappa shape index (κ2) is 6.87. The summed E-state index contributed by atoms with van der Waals surface area (Å²) in [5, 5.41) is 13.2. The van der Waals surface area contributed by atoms with Gasteiger partial charge in [0.15, 0.2) is 5.69 Å². The minimum atomic E-state index is 0.220. The molecule has 0 amide bonds. The van der Waals surface area contributed by atoms with Crippen molar-refractivity contribution in [3.63, 3.8) is 0 Å². The second-order valence-electron chi connectivity index (χ2n) is 4.84. The standard InChI is InChI=1S/C13H15N7.CH5N/c1-19-8-9(11(7-14)18-19)10-6-12(17-13(15)16-10)20-4-2-3-5-20;1-2/h6,8H,2-5H2,1H3,(H2,15,16,17);2H2,1H3. The van der Waals surface area contributed by atoms with Crippen LogP contribution >= 0.6 is 0 Å². The maximum atomic E-state index is 9.13. The molecule has 0 aromatic carbocycles. The van der Waals surface area contributed by atoms with Crippen molar-refractivity contribution in [3.05, 3.63) is 18.0 Å². The molecule has 0 spiro atoms. The number of hydrogen-bond acceptors (Lipinski definition) is 7. The Morgan fingerprint density at radius 2 is 1.91 bits per heavy atom. The molecule has 8 heteroatoms. The molecule has 0 unspecified atom stereocenters. The van der Waals surface area contributed by atoms with Crippen molar-refractivity contribution in [2.45, 2.75) is 12.8 Å². The zero-order valence-electron chi connectivity index (χ0n) is 12.8. The van der Waals surface area contributed by atoms with Gasteiger partial charge in [-0.2, -0.15) is 15.3 Å². The number of nitrogens with two attached hydrogens (primary N) is 2. The molecule has 1 aliphatic heterocycles. The summed E-state index contributed by atoms with van der Waals surface area (Å²) in [5.41, 5.74) is 12.0. The first-order chi connectivity index (χ1) is 10.7. The smallest absolute Gasteiger partial charge is 0.222 e. The lowest BCUT2D eigenvalue weighted by Gasteiger charge is -2.17. The quantitative estimate of drug-likeness (QED) is 0.828. The van der Waals surface area contributed by atoms with E-state index < -0.39 is 0 Å². The first kappa shape index (κ1) is 15.7. The Balaban J connectivity index is 0.000000847. The fraction of sp³-hybridized carbons (Fsp3) is 0.429. The van der Waals surface area contributed by atoms with E-state index in [0.717, 1.165) is 31.7 Å². The van der Waals surface area contributed by atoms with E-state index in [1.807, 2.05) is 6.07 Å². The van der Waals surface area contributed by atoms with Crippen LogP contribution in [0.25, 0.3) is 11.3 Å². The number of anilines is 2. The highest BCUT2D eigenvalue weighted by molar-refractivity contribution is 5.68. The normalized spacial score (nSPS) is 13.5. The van der Waals surface area contributed by atoms with Crippen LogP contribution in [-0.2, 0) is 7.05 Å². The number of hydrogen-bond donors (Lipinski definition) is 2. The van der Waals surface area contributed by atoms with E-state index in [-0.39, 0.29) is 5.95 Å². The van der Waals surface area contributed by atoms with Gasteiger partial charge in [0.05, 0.1) is 11.3 Å². The lowest BCUT2D eigenvalue weighted by atomic mass is 10.2. The van der Waals surface area contributed by atoms with Gasteiger partial charge in [-0.25, -0.2) is 4.98 Å². The minimum Gasteiger partial charge on any atom is -0.368 e. The third-order valence-corrected chi connectivity index (χ3v) is 3.37. The average molecular weight is 300 g/mol. The number of nitrogens with zero attached hydrogens (tertiary/aromatic N) is 6. The summed E-state index contributed by atoms with van der Waals surface area (Å²) in [6.07, 6.45) is 4.10. The summed E-state index contributed by atoms with van der Waals surface area (Å²) in [6, 6.07) is 3.95. The van der Waals surface area contributed by atoms with Crippen LogP contribution in [-0.4, -0.2) is 39.9 Å². The maximum Gasteiger partial charge on any atom is 0.222 e. The molecule has 0 saturated carbocycles.